The van der Waals surface area contributed by atoms with E-state index in [2.05, 4.69) is 0 Å². The molecule has 4 amide bonds. The molecule has 1 saturated carbocycles. The van der Waals surface area contributed by atoms with Gasteiger partial charge in [-0.2, -0.15) is 0 Å². The fourth-order valence-electron chi connectivity index (χ4n) is 4.48. The minimum absolute atomic E-state index is 0.0525. The molecule has 0 spiro atoms. The average molecular weight is 420 g/mol. The Hall–Kier alpha value is -2.42. The van der Waals surface area contributed by atoms with Crippen molar-refractivity contribution in [2.24, 2.45) is 0 Å². The molecule has 0 bridgehead atoms. The van der Waals surface area contributed by atoms with Crippen molar-refractivity contribution in [2.45, 2.75) is 49.1 Å². The topological polar surface area (TPSA) is 95.1 Å². The van der Waals surface area contributed by atoms with Crippen molar-refractivity contribution in [3.63, 3.8) is 0 Å². The molecule has 1 aromatic rings. The molecule has 2 heterocycles. The lowest BCUT2D eigenvalue weighted by Gasteiger charge is -2.35. The van der Waals surface area contributed by atoms with Crippen LogP contribution in [-0.2, 0) is 19.4 Å². The molecule has 2 aliphatic heterocycles. The number of hydrogen-bond donors (Lipinski definition) is 0. The summed E-state index contributed by atoms with van der Waals surface area (Å²) in [6, 6.07) is 6.82. The minimum Gasteiger partial charge on any atom is -0.337 e. The van der Waals surface area contributed by atoms with Gasteiger partial charge in [0, 0.05) is 19.1 Å². The number of benzene rings is 1. The first-order valence-electron chi connectivity index (χ1n) is 10.1. The van der Waals surface area contributed by atoms with Gasteiger partial charge in [-0.05, 0) is 25.0 Å². The van der Waals surface area contributed by atoms with Crippen LogP contribution < -0.4 is 0 Å². The second kappa shape index (κ2) is 7.78. The summed E-state index contributed by atoms with van der Waals surface area (Å²) in [5.74, 6) is -1.44. The number of nitrogens with zero attached hydrogens (tertiary/aromatic N) is 3. The highest BCUT2D eigenvalue weighted by atomic mass is 32.2. The zero-order valence-electron chi connectivity index (χ0n) is 16.2. The van der Waals surface area contributed by atoms with E-state index in [1.807, 2.05) is 0 Å². The molecule has 4 rings (SSSR count). The van der Waals surface area contributed by atoms with E-state index in [9.17, 15) is 22.8 Å². The van der Waals surface area contributed by atoms with Gasteiger partial charge >= 0.3 is 6.03 Å². The van der Waals surface area contributed by atoms with Gasteiger partial charge in [0.1, 0.15) is 11.8 Å². The lowest BCUT2D eigenvalue weighted by molar-refractivity contribution is -0.135. The molecule has 1 aliphatic carbocycles. The third kappa shape index (κ3) is 3.75. The number of urea groups is 1. The Bertz CT molecular complexity index is 911. The maximum Gasteiger partial charge on any atom is 0.327 e. The summed E-state index contributed by atoms with van der Waals surface area (Å²) < 4.78 is 25.0. The summed E-state index contributed by atoms with van der Waals surface area (Å²) in [6.07, 6.45) is 4.80. The van der Waals surface area contributed by atoms with E-state index in [0.29, 0.717) is 0 Å². The monoisotopic (exact) mass is 419 g/mol. The van der Waals surface area contributed by atoms with Gasteiger partial charge < -0.3 is 9.80 Å². The third-order valence-electron chi connectivity index (χ3n) is 6.06. The van der Waals surface area contributed by atoms with E-state index < -0.39 is 27.5 Å². The van der Waals surface area contributed by atoms with Crippen LogP contribution >= 0.6 is 0 Å². The second-order valence-electron chi connectivity index (χ2n) is 7.90. The number of piperazine rings is 1. The van der Waals surface area contributed by atoms with Crippen molar-refractivity contribution in [1.29, 1.82) is 0 Å². The largest absolute Gasteiger partial charge is 0.337 e. The van der Waals surface area contributed by atoms with Crippen LogP contribution in [0.4, 0.5) is 4.79 Å². The predicted molar refractivity (Wildman–Crippen MR) is 105 cm³/mol. The summed E-state index contributed by atoms with van der Waals surface area (Å²) in [7, 11) is -3.75. The zero-order chi connectivity index (χ0) is 20.6. The summed E-state index contributed by atoms with van der Waals surface area (Å²) in [4.78, 5) is 42.8. The molecule has 29 heavy (non-hydrogen) atoms. The van der Waals surface area contributed by atoms with Crippen molar-refractivity contribution in [2.75, 3.05) is 25.4 Å². The zero-order valence-corrected chi connectivity index (χ0v) is 17.0. The minimum atomic E-state index is -3.75. The van der Waals surface area contributed by atoms with Crippen LogP contribution in [0.15, 0.2) is 35.2 Å². The number of imide groups is 1. The quantitative estimate of drug-likeness (QED) is 0.685. The summed E-state index contributed by atoms with van der Waals surface area (Å²) >= 11 is 0. The molecule has 8 nitrogen and oxygen atoms in total. The van der Waals surface area contributed by atoms with Crippen molar-refractivity contribution >= 4 is 27.7 Å². The fourth-order valence-corrected chi connectivity index (χ4v) is 5.73. The second-order valence-corrected chi connectivity index (χ2v) is 9.89. The SMILES string of the molecule is O=C(CS(=O)(=O)c1ccccc1)N1CCN2C(=O)N(C3CCCCC3)C(=O)[C@H]2C1. The van der Waals surface area contributed by atoms with E-state index in [4.69, 9.17) is 0 Å². The maximum absolute atomic E-state index is 12.9. The van der Waals surface area contributed by atoms with Crippen molar-refractivity contribution in [3.8, 4) is 0 Å². The average Bonchev–Trinajstić information content (AvgIpc) is 2.99. The Morgan fingerprint density at radius 1 is 1.00 bits per heavy atom. The number of sulfone groups is 1. The van der Waals surface area contributed by atoms with Gasteiger partial charge in [-0.25, -0.2) is 13.2 Å². The molecule has 0 unspecified atom stereocenters. The van der Waals surface area contributed by atoms with Crippen molar-refractivity contribution < 1.29 is 22.8 Å². The lowest BCUT2D eigenvalue weighted by Crippen LogP contribution is -2.55. The molecule has 1 atom stereocenters. The molecule has 156 valence electrons. The molecule has 3 aliphatic rings. The van der Waals surface area contributed by atoms with E-state index in [0.717, 1.165) is 32.1 Å². The Labute approximate surface area is 170 Å². The molecule has 9 heteroatoms. The van der Waals surface area contributed by atoms with Crippen LogP contribution in [0.5, 0.6) is 0 Å². The van der Waals surface area contributed by atoms with Gasteiger partial charge in [0.2, 0.25) is 5.91 Å². The Kier molecular flexibility index (Phi) is 5.33. The van der Waals surface area contributed by atoms with Gasteiger partial charge in [-0.1, -0.05) is 37.5 Å². The first-order chi connectivity index (χ1) is 13.9. The van der Waals surface area contributed by atoms with Gasteiger partial charge in [0.25, 0.3) is 5.91 Å². The summed E-state index contributed by atoms with van der Waals surface area (Å²) in [5.41, 5.74) is 0. The number of carbonyl (C=O) groups excluding carboxylic acids is 3. The third-order valence-corrected chi connectivity index (χ3v) is 7.68. The van der Waals surface area contributed by atoms with E-state index in [1.165, 1.54) is 26.8 Å². The number of amides is 4. The number of rotatable bonds is 4. The van der Waals surface area contributed by atoms with Gasteiger partial charge in [-0.3, -0.25) is 14.5 Å². The highest BCUT2D eigenvalue weighted by Gasteiger charge is 2.50. The van der Waals surface area contributed by atoms with E-state index >= 15 is 0 Å². The maximum atomic E-state index is 12.9. The lowest BCUT2D eigenvalue weighted by atomic mass is 9.94. The highest BCUT2D eigenvalue weighted by Crippen LogP contribution is 2.30. The smallest absolute Gasteiger partial charge is 0.327 e. The normalized spacial score (nSPS) is 23.4. The van der Waals surface area contributed by atoms with E-state index in [1.54, 1.807) is 18.2 Å². The molecule has 3 fully saturated rings. The Morgan fingerprint density at radius 2 is 1.69 bits per heavy atom. The molecular weight excluding hydrogens is 394 g/mol. The standard InChI is InChI=1S/C20H25N3O5S/c24-18(14-29(27,28)16-9-5-2-6-10-16)21-11-12-22-17(13-21)19(25)23(20(22)26)15-7-3-1-4-8-15/h2,5-6,9-10,15,17H,1,3-4,7-8,11-14H2/t17-/m1/s1. The first kappa shape index (κ1) is 19.9. The van der Waals surface area contributed by atoms with E-state index in [-0.39, 0.29) is 42.5 Å². The van der Waals surface area contributed by atoms with Crippen LogP contribution in [0.3, 0.4) is 0 Å². The van der Waals surface area contributed by atoms with Crippen LogP contribution in [0, 0.1) is 0 Å². The van der Waals surface area contributed by atoms with Crippen molar-refractivity contribution in [1.82, 2.24) is 14.7 Å². The molecule has 0 N–H and O–H groups in total. The molecule has 0 radical (unpaired) electrons. The Balaban J connectivity index is 1.44. The summed E-state index contributed by atoms with van der Waals surface area (Å²) in [6.45, 7) is 0.531. The van der Waals surface area contributed by atoms with Crippen molar-refractivity contribution in [3.05, 3.63) is 30.3 Å². The summed E-state index contributed by atoms with van der Waals surface area (Å²) in [5, 5.41) is 0. The highest BCUT2D eigenvalue weighted by molar-refractivity contribution is 7.92. The van der Waals surface area contributed by atoms with Crippen LogP contribution in [-0.4, -0.2) is 78.4 Å². The molecule has 2 saturated heterocycles. The van der Waals surface area contributed by atoms with Crippen LogP contribution in [0.2, 0.25) is 0 Å². The predicted octanol–water partition coefficient (Wildman–Crippen LogP) is 1.27. The van der Waals surface area contributed by atoms with Gasteiger partial charge in [0.05, 0.1) is 11.4 Å². The molecule has 1 aromatic carbocycles. The number of carbonyl (C=O) groups is 3. The van der Waals surface area contributed by atoms with Gasteiger partial charge in [-0.15, -0.1) is 0 Å². The Morgan fingerprint density at radius 3 is 2.38 bits per heavy atom. The number of hydrogen-bond acceptors (Lipinski definition) is 5. The molecule has 0 aromatic heterocycles. The fraction of sp³-hybridized carbons (Fsp3) is 0.550. The van der Waals surface area contributed by atoms with Crippen LogP contribution in [0.1, 0.15) is 32.1 Å². The molecular formula is C20H25N3O5S. The number of fused-ring (bicyclic) bond motifs is 1. The van der Waals surface area contributed by atoms with Gasteiger partial charge in [0.15, 0.2) is 9.84 Å². The van der Waals surface area contributed by atoms with Crippen LogP contribution in [0.25, 0.3) is 0 Å². The first-order valence-corrected chi connectivity index (χ1v) is 11.7.